The van der Waals surface area contributed by atoms with Crippen molar-refractivity contribution in [3.63, 3.8) is 0 Å². The molecule has 0 aliphatic heterocycles. The van der Waals surface area contributed by atoms with Gasteiger partial charge in [0, 0.05) is 5.56 Å². The van der Waals surface area contributed by atoms with Crippen molar-refractivity contribution in [1.82, 2.24) is 0 Å². The fraction of sp³-hybridized carbons (Fsp3) is 0. The Bertz CT molecular complexity index is 679. The normalized spacial score (nSPS) is 10.7. The van der Waals surface area contributed by atoms with Crippen molar-refractivity contribution in [2.24, 2.45) is 0 Å². The van der Waals surface area contributed by atoms with Crippen molar-refractivity contribution in [3.05, 3.63) is 0 Å². The molecule has 10 heteroatoms. The molecule has 0 aliphatic carbocycles. The van der Waals surface area contributed by atoms with Gasteiger partial charge in [-0.3, -0.25) is 0 Å². The maximum atomic E-state index is 10.2. The third-order valence-electron chi connectivity index (χ3n) is 3.78. The summed E-state index contributed by atoms with van der Waals surface area (Å²) in [6.45, 7) is 0. The molecular formula is C12H13B3O7. The molecule has 2 aromatic carbocycles. The summed E-state index contributed by atoms with van der Waals surface area (Å²) in [6, 6.07) is 0. The summed E-state index contributed by atoms with van der Waals surface area (Å²) in [5, 5.41) is 69.3. The quantitative estimate of drug-likeness (QED) is 0.162. The highest BCUT2D eigenvalue weighted by atomic mass is 16.3. The van der Waals surface area contributed by atoms with E-state index in [4.69, 9.17) is 0 Å². The number of phenols is 7. The van der Waals surface area contributed by atoms with Crippen LogP contribution in [0.2, 0.25) is 0 Å². The fourth-order valence-electron chi connectivity index (χ4n) is 2.31. The van der Waals surface area contributed by atoms with E-state index in [1.165, 1.54) is 23.5 Å². The third kappa shape index (κ3) is 1.87. The number of benzene rings is 2. The topological polar surface area (TPSA) is 142 Å². The van der Waals surface area contributed by atoms with Gasteiger partial charge in [0.25, 0.3) is 0 Å². The number of phenolic OH excluding ortho intramolecular Hbond substituents is 7. The summed E-state index contributed by atoms with van der Waals surface area (Å²) in [5.41, 5.74) is -0.727. The van der Waals surface area contributed by atoms with Crippen LogP contribution < -0.4 is 16.4 Å². The average molecular weight is 302 g/mol. The van der Waals surface area contributed by atoms with Gasteiger partial charge >= 0.3 is 0 Å². The largest absolute Gasteiger partial charge is 0.508 e. The van der Waals surface area contributed by atoms with E-state index >= 15 is 0 Å². The Hall–Kier alpha value is -2.77. The van der Waals surface area contributed by atoms with Crippen LogP contribution in [0.3, 0.4) is 0 Å². The standard InChI is InChI=1S/C12H13B3O7/c13-3-1(6(16)4(14)10(20)9(3)19)2-7(17)5(15)11(21)12(22)8(2)18/h16-22H,13-15H2. The Balaban J connectivity index is 3.03. The first-order valence-electron chi connectivity index (χ1n) is 6.32. The molecular weight excluding hydrogens is 289 g/mol. The van der Waals surface area contributed by atoms with Crippen LogP contribution in [0.15, 0.2) is 0 Å². The molecule has 7 N–H and O–H groups in total. The molecule has 0 saturated heterocycles. The van der Waals surface area contributed by atoms with Gasteiger partial charge in [-0.2, -0.15) is 0 Å². The molecule has 0 bridgehead atoms. The van der Waals surface area contributed by atoms with Crippen molar-refractivity contribution >= 4 is 39.9 Å². The van der Waals surface area contributed by atoms with E-state index in [2.05, 4.69) is 0 Å². The molecule has 22 heavy (non-hydrogen) atoms. The molecule has 2 rings (SSSR count). The van der Waals surface area contributed by atoms with Crippen LogP contribution in [0.4, 0.5) is 0 Å². The van der Waals surface area contributed by atoms with Crippen molar-refractivity contribution in [1.29, 1.82) is 0 Å². The van der Waals surface area contributed by atoms with E-state index in [0.717, 1.165) is 0 Å². The maximum Gasteiger partial charge on any atom is 0.200 e. The second kappa shape index (κ2) is 4.90. The van der Waals surface area contributed by atoms with Crippen LogP contribution in [0.5, 0.6) is 40.2 Å². The molecule has 0 aliphatic rings. The smallest absolute Gasteiger partial charge is 0.200 e. The van der Waals surface area contributed by atoms with Crippen molar-refractivity contribution in [2.45, 2.75) is 0 Å². The second-order valence-electron chi connectivity index (χ2n) is 5.07. The van der Waals surface area contributed by atoms with E-state index in [1.807, 2.05) is 0 Å². The van der Waals surface area contributed by atoms with Crippen LogP contribution in [-0.2, 0) is 0 Å². The minimum Gasteiger partial charge on any atom is -0.508 e. The number of aromatic hydroxyl groups is 7. The monoisotopic (exact) mass is 302 g/mol. The first-order valence-corrected chi connectivity index (χ1v) is 6.32. The zero-order chi connectivity index (χ0) is 16.9. The predicted molar refractivity (Wildman–Crippen MR) is 88.1 cm³/mol. The molecule has 0 spiro atoms. The lowest BCUT2D eigenvalue weighted by atomic mass is 9.77. The number of rotatable bonds is 1. The van der Waals surface area contributed by atoms with Gasteiger partial charge in [-0.1, -0.05) is 0 Å². The molecule has 2 aromatic rings. The van der Waals surface area contributed by atoms with Crippen LogP contribution in [0.1, 0.15) is 0 Å². The third-order valence-corrected chi connectivity index (χ3v) is 3.78. The molecule has 7 nitrogen and oxygen atoms in total. The number of hydrogen-bond donors (Lipinski definition) is 7. The molecule has 0 radical (unpaired) electrons. The van der Waals surface area contributed by atoms with Crippen molar-refractivity contribution in [2.75, 3.05) is 0 Å². The molecule has 0 atom stereocenters. The SMILES string of the molecule is Bc1c(O)c(O)c(B)c(-c2c(O)c(B)c(O)c(O)c2O)c1O. The van der Waals surface area contributed by atoms with E-state index in [0.29, 0.717) is 0 Å². The van der Waals surface area contributed by atoms with Crippen LogP contribution in [-0.4, -0.2) is 59.3 Å². The van der Waals surface area contributed by atoms with Gasteiger partial charge in [0.05, 0.1) is 5.56 Å². The highest BCUT2D eigenvalue weighted by Crippen LogP contribution is 2.48. The zero-order valence-corrected chi connectivity index (χ0v) is 12.1. The summed E-state index contributed by atoms with van der Waals surface area (Å²) in [4.78, 5) is 0. The lowest BCUT2D eigenvalue weighted by Gasteiger charge is -2.19. The second-order valence-corrected chi connectivity index (χ2v) is 5.07. The molecule has 0 saturated carbocycles. The van der Waals surface area contributed by atoms with Gasteiger partial charge in [-0.15, -0.1) is 0 Å². The van der Waals surface area contributed by atoms with E-state index in [-0.39, 0.29) is 27.5 Å². The van der Waals surface area contributed by atoms with Gasteiger partial charge in [-0.05, 0) is 16.4 Å². The summed E-state index contributed by atoms with van der Waals surface area (Å²) in [5.74, 6) is -4.54. The van der Waals surface area contributed by atoms with Gasteiger partial charge in [0.1, 0.15) is 35.0 Å². The Labute approximate surface area is 128 Å². The van der Waals surface area contributed by atoms with Crippen LogP contribution >= 0.6 is 0 Å². The van der Waals surface area contributed by atoms with Crippen molar-refractivity contribution in [3.8, 4) is 51.4 Å². The summed E-state index contributed by atoms with van der Waals surface area (Å²) in [7, 11) is 3.98. The van der Waals surface area contributed by atoms with Gasteiger partial charge in [0.2, 0.25) is 5.75 Å². The number of hydrogen-bond acceptors (Lipinski definition) is 7. The Kier molecular flexibility index (Phi) is 3.48. The Morgan fingerprint density at radius 2 is 0.727 bits per heavy atom. The Morgan fingerprint density at radius 1 is 0.364 bits per heavy atom. The fourth-order valence-corrected chi connectivity index (χ4v) is 2.31. The summed E-state index contributed by atoms with van der Waals surface area (Å²) < 4.78 is 0. The maximum absolute atomic E-state index is 10.2. The molecule has 0 amide bonds. The zero-order valence-electron chi connectivity index (χ0n) is 12.1. The highest BCUT2D eigenvalue weighted by Gasteiger charge is 2.28. The molecule has 112 valence electrons. The molecule has 0 fully saturated rings. The summed E-state index contributed by atoms with van der Waals surface area (Å²) in [6.07, 6.45) is 0. The van der Waals surface area contributed by atoms with Gasteiger partial charge in [0.15, 0.2) is 23.0 Å². The van der Waals surface area contributed by atoms with Gasteiger partial charge < -0.3 is 35.7 Å². The van der Waals surface area contributed by atoms with Crippen LogP contribution in [0, 0.1) is 0 Å². The lowest BCUT2D eigenvalue weighted by molar-refractivity contribution is 0.365. The lowest BCUT2D eigenvalue weighted by Crippen LogP contribution is -2.17. The van der Waals surface area contributed by atoms with Crippen LogP contribution in [0.25, 0.3) is 11.1 Å². The molecule has 0 heterocycles. The van der Waals surface area contributed by atoms with Gasteiger partial charge in [-0.25, -0.2) is 0 Å². The molecule has 0 unspecified atom stereocenters. The minimum atomic E-state index is -0.866. The summed E-state index contributed by atoms with van der Waals surface area (Å²) >= 11 is 0. The predicted octanol–water partition coefficient (Wildman–Crippen LogP) is -3.93. The first-order chi connectivity index (χ1) is 10.1. The average Bonchev–Trinajstić information content (AvgIpc) is 2.50. The van der Waals surface area contributed by atoms with E-state index in [9.17, 15) is 35.7 Å². The van der Waals surface area contributed by atoms with Crippen molar-refractivity contribution < 1.29 is 35.7 Å². The van der Waals surface area contributed by atoms with E-state index < -0.39 is 40.2 Å². The first kappa shape index (κ1) is 15.6. The highest BCUT2D eigenvalue weighted by molar-refractivity contribution is 6.44. The Morgan fingerprint density at radius 3 is 1.23 bits per heavy atom. The minimum absolute atomic E-state index is 0.0179. The molecule has 0 aromatic heterocycles. The van der Waals surface area contributed by atoms with E-state index in [1.54, 1.807) is 0 Å².